The third-order valence-electron chi connectivity index (χ3n) is 6.09. The van der Waals surface area contributed by atoms with Crippen molar-refractivity contribution in [1.82, 2.24) is 14.9 Å². The molecule has 1 saturated heterocycles. The lowest BCUT2D eigenvalue weighted by molar-refractivity contribution is -0.122. The summed E-state index contributed by atoms with van der Waals surface area (Å²) in [6.45, 7) is 2.76. The number of hydrogen-bond acceptors (Lipinski definition) is 7. The first-order valence-electron chi connectivity index (χ1n) is 11.5. The maximum atomic E-state index is 14.6. The SMILES string of the molecule is COc1cc(F)ccc1-c1nc(NC2Oc3c(CN4CCCCC4)cccc3NC2=O)ncc1F. The Morgan fingerprint density at radius 3 is 2.83 bits per heavy atom. The fourth-order valence-electron chi connectivity index (χ4n) is 4.37. The smallest absolute Gasteiger partial charge is 0.287 e. The van der Waals surface area contributed by atoms with Crippen LogP contribution in [0.25, 0.3) is 11.3 Å². The second-order valence-electron chi connectivity index (χ2n) is 8.50. The number of aromatic nitrogens is 2. The highest BCUT2D eigenvalue weighted by atomic mass is 19.1. The van der Waals surface area contributed by atoms with Crippen LogP contribution >= 0.6 is 0 Å². The van der Waals surface area contributed by atoms with Crippen LogP contribution in [0.15, 0.2) is 42.6 Å². The number of carbonyl (C=O) groups is 1. The molecular weight excluding hydrogens is 456 g/mol. The quantitative estimate of drug-likeness (QED) is 0.546. The van der Waals surface area contributed by atoms with Gasteiger partial charge in [-0.05, 0) is 44.1 Å². The molecule has 8 nitrogen and oxygen atoms in total. The minimum absolute atomic E-state index is 0.0233. The van der Waals surface area contributed by atoms with Crippen molar-refractivity contribution >= 4 is 17.5 Å². The van der Waals surface area contributed by atoms with Gasteiger partial charge in [0.05, 0.1) is 19.0 Å². The standard InChI is InChI=1S/C25H25F2N5O3/c1-34-20-12-16(26)8-9-17(20)21-18(27)13-28-25(30-21)31-24-23(33)29-19-7-5-6-15(22(19)35-24)14-32-10-3-2-4-11-32/h5-9,12-13,24H,2-4,10-11,14H2,1H3,(H,29,33)(H,28,30,31). The molecule has 2 aliphatic rings. The molecule has 10 heteroatoms. The van der Waals surface area contributed by atoms with Gasteiger partial charge in [-0.15, -0.1) is 0 Å². The summed E-state index contributed by atoms with van der Waals surface area (Å²) in [7, 11) is 1.36. The molecular formula is C25H25F2N5O3. The van der Waals surface area contributed by atoms with Gasteiger partial charge < -0.3 is 20.1 Å². The molecule has 1 atom stereocenters. The number of fused-ring (bicyclic) bond motifs is 1. The fraction of sp³-hybridized carbons (Fsp3) is 0.320. The van der Waals surface area contributed by atoms with Crippen LogP contribution in [0.4, 0.5) is 20.4 Å². The van der Waals surface area contributed by atoms with E-state index in [2.05, 4.69) is 25.5 Å². The van der Waals surface area contributed by atoms with E-state index in [1.54, 1.807) is 6.07 Å². The molecule has 0 bridgehead atoms. The third-order valence-corrected chi connectivity index (χ3v) is 6.09. The van der Waals surface area contributed by atoms with E-state index in [1.165, 1.54) is 38.5 Å². The number of likely N-dealkylation sites (tertiary alicyclic amines) is 1. The molecule has 0 aliphatic carbocycles. The second-order valence-corrected chi connectivity index (χ2v) is 8.50. The number of anilines is 2. The number of rotatable bonds is 6. The Kier molecular flexibility index (Phi) is 6.45. The minimum atomic E-state index is -1.13. The summed E-state index contributed by atoms with van der Waals surface area (Å²) in [5.41, 5.74) is 1.72. The highest BCUT2D eigenvalue weighted by Gasteiger charge is 2.31. The van der Waals surface area contributed by atoms with Crippen molar-refractivity contribution in [3.8, 4) is 22.8 Å². The van der Waals surface area contributed by atoms with Crippen LogP contribution in [-0.2, 0) is 11.3 Å². The number of ether oxygens (including phenoxy) is 2. The van der Waals surface area contributed by atoms with Crippen LogP contribution in [0.2, 0.25) is 0 Å². The summed E-state index contributed by atoms with van der Waals surface area (Å²) in [6.07, 6.45) is 3.42. The summed E-state index contributed by atoms with van der Waals surface area (Å²) in [5, 5.41) is 5.69. The van der Waals surface area contributed by atoms with Crippen molar-refractivity contribution in [3.63, 3.8) is 0 Å². The predicted molar refractivity (Wildman–Crippen MR) is 126 cm³/mol. The molecule has 0 radical (unpaired) electrons. The first-order valence-corrected chi connectivity index (χ1v) is 11.5. The van der Waals surface area contributed by atoms with Crippen molar-refractivity contribution in [2.45, 2.75) is 32.0 Å². The van der Waals surface area contributed by atoms with Gasteiger partial charge in [0.2, 0.25) is 5.95 Å². The molecule has 3 aromatic rings. The van der Waals surface area contributed by atoms with Crippen molar-refractivity contribution in [3.05, 3.63) is 59.8 Å². The summed E-state index contributed by atoms with van der Waals surface area (Å²) in [5.74, 6) is -0.992. The van der Waals surface area contributed by atoms with Crippen LogP contribution in [0.3, 0.4) is 0 Å². The number of hydrogen-bond donors (Lipinski definition) is 2. The first-order chi connectivity index (χ1) is 17.0. The van der Waals surface area contributed by atoms with Gasteiger partial charge in [0.1, 0.15) is 17.3 Å². The van der Waals surface area contributed by atoms with Gasteiger partial charge in [0.25, 0.3) is 12.1 Å². The summed E-state index contributed by atoms with van der Waals surface area (Å²) in [6, 6.07) is 9.36. The van der Waals surface area contributed by atoms with E-state index in [0.29, 0.717) is 18.0 Å². The number of amides is 1. The third kappa shape index (κ3) is 4.88. The Bertz CT molecular complexity index is 1250. The van der Waals surface area contributed by atoms with Crippen LogP contribution < -0.4 is 20.1 Å². The number of para-hydroxylation sites is 1. The van der Waals surface area contributed by atoms with Gasteiger partial charge in [0.15, 0.2) is 11.6 Å². The normalized spacial score (nSPS) is 17.8. The average molecular weight is 482 g/mol. The molecule has 5 rings (SSSR count). The number of piperidine rings is 1. The lowest BCUT2D eigenvalue weighted by Gasteiger charge is -2.31. The lowest BCUT2D eigenvalue weighted by Crippen LogP contribution is -2.43. The highest BCUT2D eigenvalue weighted by Crippen LogP contribution is 2.35. The zero-order valence-corrected chi connectivity index (χ0v) is 19.2. The minimum Gasteiger partial charge on any atom is -0.496 e. The maximum absolute atomic E-state index is 14.6. The van der Waals surface area contributed by atoms with E-state index >= 15 is 0 Å². The van der Waals surface area contributed by atoms with E-state index in [-0.39, 0.29) is 23.0 Å². The van der Waals surface area contributed by atoms with E-state index in [1.807, 2.05) is 12.1 Å². The Hall–Kier alpha value is -3.79. The molecule has 1 unspecified atom stereocenters. The molecule has 182 valence electrons. The summed E-state index contributed by atoms with van der Waals surface area (Å²) in [4.78, 5) is 23.3. The van der Waals surface area contributed by atoms with Crippen LogP contribution in [-0.4, -0.2) is 47.2 Å². The van der Waals surface area contributed by atoms with E-state index < -0.39 is 23.8 Å². The van der Waals surface area contributed by atoms with Crippen LogP contribution in [0, 0.1) is 11.6 Å². The van der Waals surface area contributed by atoms with Crippen molar-refractivity contribution in [2.75, 3.05) is 30.8 Å². The van der Waals surface area contributed by atoms with Crippen molar-refractivity contribution < 1.29 is 23.0 Å². The monoisotopic (exact) mass is 481 g/mol. The number of halogens is 2. The molecule has 35 heavy (non-hydrogen) atoms. The summed E-state index contributed by atoms with van der Waals surface area (Å²) < 4.78 is 39.4. The zero-order valence-electron chi connectivity index (χ0n) is 19.2. The van der Waals surface area contributed by atoms with Crippen molar-refractivity contribution in [1.29, 1.82) is 0 Å². The van der Waals surface area contributed by atoms with Gasteiger partial charge in [-0.2, -0.15) is 0 Å². The number of benzene rings is 2. The Morgan fingerprint density at radius 1 is 1.20 bits per heavy atom. The highest BCUT2D eigenvalue weighted by molar-refractivity contribution is 5.99. The summed E-state index contributed by atoms with van der Waals surface area (Å²) >= 11 is 0. The Balaban J connectivity index is 1.39. The number of carbonyl (C=O) groups excluding carboxylic acids is 1. The predicted octanol–water partition coefficient (Wildman–Crippen LogP) is 4.19. The van der Waals surface area contributed by atoms with Gasteiger partial charge in [-0.25, -0.2) is 18.7 Å². The largest absolute Gasteiger partial charge is 0.496 e. The second kappa shape index (κ2) is 9.83. The van der Waals surface area contributed by atoms with Gasteiger partial charge in [-0.1, -0.05) is 18.6 Å². The fourth-order valence-corrected chi connectivity index (χ4v) is 4.37. The van der Waals surface area contributed by atoms with E-state index in [0.717, 1.165) is 30.9 Å². The molecule has 1 amide bonds. The lowest BCUT2D eigenvalue weighted by atomic mass is 10.1. The van der Waals surface area contributed by atoms with Crippen LogP contribution in [0.5, 0.6) is 11.5 Å². The average Bonchev–Trinajstić information content (AvgIpc) is 2.86. The number of nitrogens with one attached hydrogen (secondary N) is 2. The van der Waals surface area contributed by atoms with Crippen molar-refractivity contribution in [2.24, 2.45) is 0 Å². The Labute approximate surface area is 201 Å². The Morgan fingerprint density at radius 2 is 2.03 bits per heavy atom. The van der Waals surface area contributed by atoms with E-state index in [4.69, 9.17) is 9.47 Å². The van der Waals surface area contributed by atoms with Gasteiger partial charge in [0, 0.05) is 23.7 Å². The van der Waals surface area contributed by atoms with E-state index in [9.17, 15) is 13.6 Å². The van der Waals surface area contributed by atoms with Gasteiger partial charge >= 0.3 is 0 Å². The zero-order chi connectivity index (χ0) is 24.4. The molecule has 3 heterocycles. The molecule has 2 aromatic carbocycles. The molecule has 0 saturated carbocycles. The maximum Gasteiger partial charge on any atom is 0.287 e. The van der Waals surface area contributed by atoms with Gasteiger partial charge in [-0.3, -0.25) is 9.69 Å². The topological polar surface area (TPSA) is 88.6 Å². The molecule has 1 fully saturated rings. The first kappa shape index (κ1) is 23.0. The molecule has 0 spiro atoms. The number of methoxy groups -OCH3 is 1. The van der Waals surface area contributed by atoms with Crippen LogP contribution in [0.1, 0.15) is 24.8 Å². The molecule has 1 aromatic heterocycles. The molecule has 2 N–H and O–H groups in total. The number of nitrogens with zero attached hydrogens (tertiary/aromatic N) is 3. The molecule has 2 aliphatic heterocycles.